The van der Waals surface area contributed by atoms with E-state index in [1.54, 1.807) is 0 Å². The quantitative estimate of drug-likeness (QED) is 0.191. The molecular weight excluding hydrogens is 539 g/mol. The zero-order valence-corrected chi connectivity index (χ0v) is 24.7. The van der Waals surface area contributed by atoms with Crippen molar-refractivity contribution in [2.24, 2.45) is 0 Å². The maximum atomic E-state index is 4.73. The lowest BCUT2D eigenvalue weighted by Gasteiger charge is -2.27. The molecule has 0 bridgehead atoms. The normalized spacial score (nSPS) is 12.7. The topological polar surface area (TPSA) is 3.24 Å². The van der Waals surface area contributed by atoms with E-state index >= 15 is 0 Å². The molecule has 2 heteroatoms. The van der Waals surface area contributed by atoms with Gasteiger partial charge in [-0.2, -0.15) is 0 Å². The molecule has 0 unspecified atom stereocenters. The van der Waals surface area contributed by atoms with Crippen molar-refractivity contribution in [3.05, 3.63) is 155 Å². The van der Waals surface area contributed by atoms with Gasteiger partial charge in [-0.15, -0.1) is 11.3 Å². The molecule has 1 heterocycles. The summed E-state index contributed by atoms with van der Waals surface area (Å²) >= 11 is 1.83. The number of anilines is 2. The van der Waals surface area contributed by atoms with Crippen LogP contribution >= 0.6 is 11.3 Å². The zero-order valence-electron chi connectivity index (χ0n) is 23.9. The first-order valence-electron chi connectivity index (χ1n) is 14.7. The largest absolute Gasteiger partial charge is 0.310 e. The van der Waals surface area contributed by atoms with Gasteiger partial charge in [0.25, 0.3) is 0 Å². The van der Waals surface area contributed by atoms with Gasteiger partial charge in [0.15, 0.2) is 0 Å². The third kappa shape index (κ3) is 4.14. The average Bonchev–Trinajstić information content (AvgIpc) is 3.42. The zero-order chi connectivity index (χ0) is 28.9. The van der Waals surface area contributed by atoms with Crippen molar-refractivity contribution < 1.29 is 0 Å². The molecule has 0 aliphatic rings. The number of rotatable bonds is 4. The van der Waals surface area contributed by atoms with Crippen LogP contribution in [0.5, 0.6) is 0 Å². The Kier molecular flexibility index (Phi) is 6.10. The highest BCUT2D eigenvalue weighted by Crippen LogP contribution is 2.40. The molecule has 0 atom stereocenters. The van der Waals surface area contributed by atoms with Gasteiger partial charge in [0, 0.05) is 36.6 Å². The van der Waals surface area contributed by atoms with Gasteiger partial charge < -0.3 is 4.90 Å². The highest BCUT2D eigenvalue weighted by Gasteiger charge is 2.17. The van der Waals surface area contributed by atoms with E-state index in [9.17, 15) is 0 Å². The molecule has 8 aromatic rings. The molecule has 0 radical (unpaired) electrons. The van der Waals surface area contributed by atoms with E-state index < -0.39 is 0 Å². The van der Waals surface area contributed by atoms with Crippen LogP contribution in [-0.2, 0) is 0 Å². The molecule has 1 aromatic heterocycles. The van der Waals surface area contributed by atoms with Crippen molar-refractivity contribution in [3.63, 3.8) is 0 Å². The maximum Gasteiger partial charge on any atom is 0.0539 e. The molecule has 7 aromatic carbocycles. The van der Waals surface area contributed by atoms with Gasteiger partial charge in [-0.3, -0.25) is 0 Å². The number of hydrogen-bond donors (Lipinski definition) is 0. The van der Waals surface area contributed by atoms with Gasteiger partial charge in [-0.05, 0) is 75.0 Å². The number of nitrogens with zero attached hydrogens (tertiary/aromatic N) is 1. The van der Waals surface area contributed by atoms with Crippen LogP contribution in [0.2, 0.25) is 0 Å². The van der Waals surface area contributed by atoms with Crippen LogP contribution in [-0.4, -0.2) is 0 Å². The molecule has 0 amide bonds. The first-order chi connectivity index (χ1) is 21.2. The monoisotopic (exact) mass is 567 g/mol. The molecule has 43 heavy (non-hydrogen) atoms. The van der Waals surface area contributed by atoms with Crippen LogP contribution in [0.25, 0.3) is 65.3 Å². The van der Waals surface area contributed by atoms with E-state index in [0.717, 1.165) is 17.1 Å². The number of allylic oxidation sites excluding steroid dienone is 1. The molecule has 8 rings (SSSR count). The van der Waals surface area contributed by atoms with E-state index in [0.29, 0.717) is 0 Å². The van der Waals surface area contributed by atoms with Crippen molar-refractivity contribution in [2.45, 2.75) is 6.92 Å². The second-order valence-corrected chi connectivity index (χ2v) is 12.0. The second kappa shape index (κ2) is 10.3. The van der Waals surface area contributed by atoms with Crippen LogP contribution in [0.3, 0.4) is 0 Å². The fourth-order valence-corrected chi connectivity index (χ4v) is 7.64. The maximum absolute atomic E-state index is 4.73. The van der Waals surface area contributed by atoms with Crippen LogP contribution < -0.4 is 14.7 Å². The Morgan fingerprint density at radius 1 is 0.581 bits per heavy atom. The Hall–Kier alpha value is -5.18. The Morgan fingerprint density at radius 3 is 1.84 bits per heavy atom. The van der Waals surface area contributed by atoms with Gasteiger partial charge in [0.05, 0.1) is 5.69 Å². The van der Waals surface area contributed by atoms with Crippen LogP contribution in [0.1, 0.15) is 6.92 Å². The smallest absolute Gasteiger partial charge is 0.0539 e. The predicted octanol–water partition coefficient (Wildman–Crippen LogP) is 10.4. The summed E-state index contributed by atoms with van der Waals surface area (Å²) in [6.07, 6.45) is 4.47. The third-order valence-electron chi connectivity index (χ3n) is 8.52. The minimum atomic E-state index is 0.924. The first kappa shape index (κ1) is 25.5. The summed E-state index contributed by atoms with van der Waals surface area (Å²) < 4.78 is 2.55. The summed E-state index contributed by atoms with van der Waals surface area (Å²) in [6.45, 7) is 6.84. The number of thiophene rings is 1. The van der Waals surface area contributed by atoms with E-state index in [2.05, 4.69) is 157 Å². The fraction of sp³-hybridized carbons (Fsp3) is 0.0244. The summed E-state index contributed by atoms with van der Waals surface area (Å²) in [5.74, 6) is 0. The predicted molar refractivity (Wildman–Crippen MR) is 190 cm³/mol. The Bertz CT molecular complexity index is 2460. The van der Waals surface area contributed by atoms with Crippen LogP contribution in [0.4, 0.5) is 11.4 Å². The molecule has 204 valence electrons. The lowest BCUT2D eigenvalue weighted by Crippen LogP contribution is -2.22. The van der Waals surface area contributed by atoms with Crippen molar-refractivity contribution in [1.82, 2.24) is 0 Å². The molecule has 1 nitrogen and oxygen atoms in total. The van der Waals surface area contributed by atoms with Crippen molar-refractivity contribution >= 4 is 88.0 Å². The number of benzene rings is 7. The lowest BCUT2D eigenvalue weighted by atomic mass is 9.94. The number of hydrogen-bond acceptors (Lipinski definition) is 2. The highest BCUT2D eigenvalue weighted by molar-refractivity contribution is 7.17. The SMILES string of the molecule is C=C(/C=c1\c(=C/C)sc2ccccc12)N(c1ccc2c3ccccc3c3ccccc3c2c1)c1cccc2ccccc12. The molecular formula is C41H29NS. The Balaban J connectivity index is 1.44. The molecule has 0 saturated carbocycles. The van der Waals surface area contributed by atoms with E-state index in [1.807, 2.05) is 11.3 Å². The summed E-state index contributed by atoms with van der Waals surface area (Å²) in [4.78, 5) is 2.33. The fourth-order valence-electron chi connectivity index (χ4n) is 6.58. The van der Waals surface area contributed by atoms with Crippen LogP contribution in [0.15, 0.2) is 146 Å². The van der Waals surface area contributed by atoms with Crippen LogP contribution in [0, 0.1) is 0 Å². The second-order valence-electron chi connectivity index (χ2n) is 11.0. The Morgan fingerprint density at radius 2 is 1.14 bits per heavy atom. The molecule has 0 fully saturated rings. The Labute approximate surface area is 254 Å². The molecule has 0 spiro atoms. The first-order valence-corrected chi connectivity index (χ1v) is 15.5. The average molecular weight is 568 g/mol. The molecule has 0 N–H and O–H groups in total. The van der Waals surface area contributed by atoms with E-state index in [-0.39, 0.29) is 0 Å². The van der Waals surface area contributed by atoms with Crippen molar-refractivity contribution in [1.29, 1.82) is 0 Å². The lowest BCUT2D eigenvalue weighted by molar-refractivity contribution is 1.26. The standard InChI is InChI=1S/C41H29NS/c1-3-40-38(36-20-10-11-22-41(36)43-40)25-27(2)42(39-21-12-14-28-13-4-5-15-30(28)39)29-23-24-35-33-18-7-6-16-31(33)32-17-8-9-19-34(32)37(35)26-29/h3-26H,2H2,1H3/b38-25-,40-3+. The highest BCUT2D eigenvalue weighted by atomic mass is 32.1. The van der Waals surface area contributed by atoms with Gasteiger partial charge in [-0.25, -0.2) is 0 Å². The minimum Gasteiger partial charge on any atom is -0.310 e. The van der Waals surface area contributed by atoms with E-state index in [1.165, 1.54) is 62.9 Å². The van der Waals surface area contributed by atoms with Gasteiger partial charge in [-0.1, -0.05) is 122 Å². The molecule has 0 aliphatic carbocycles. The summed E-state index contributed by atoms with van der Waals surface area (Å²) in [7, 11) is 0. The van der Waals surface area contributed by atoms with Crippen molar-refractivity contribution in [3.8, 4) is 0 Å². The van der Waals surface area contributed by atoms with Gasteiger partial charge >= 0.3 is 0 Å². The third-order valence-corrected chi connectivity index (χ3v) is 9.77. The van der Waals surface area contributed by atoms with Gasteiger partial charge in [0.2, 0.25) is 0 Å². The summed E-state index contributed by atoms with van der Waals surface area (Å²) in [5, 5.41) is 12.5. The number of fused-ring (bicyclic) bond motifs is 8. The summed E-state index contributed by atoms with van der Waals surface area (Å²) in [6, 6.07) is 48.2. The van der Waals surface area contributed by atoms with Gasteiger partial charge in [0.1, 0.15) is 0 Å². The molecule has 0 saturated heterocycles. The van der Waals surface area contributed by atoms with E-state index in [4.69, 9.17) is 6.58 Å². The molecule has 0 aliphatic heterocycles. The summed E-state index contributed by atoms with van der Waals surface area (Å²) in [5.41, 5.74) is 3.13. The van der Waals surface area contributed by atoms with Crippen molar-refractivity contribution in [2.75, 3.05) is 4.90 Å². The minimum absolute atomic E-state index is 0.924.